The Morgan fingerprint density at radius 3 is 2.44 bits per heavy atom. The van der Waals surface area contributed by atoms with Gasteiger partial charge in [-0.05, 0) is 25.0 Å². The Labute approximate surface area is 146 Å². The Kier molecular flexibility index (Phi) is 6.73. The van der Waals surface area contributed by atoms with E-state index >= 15 is 0 Å². The van der Waals surface area contributed by atoms with E-state index < -0.39 is 30.3 Å². The number of pyridine rings is 1. The second-order valence-electron chi connectivity index (χ2n) is 5.95. The third kappa shape index (κ3) is 5.44. The highest BCUT2D eigenvalue weighted by atomic mass is 16.5. The molecule has 0 spiro atoms. The lowest BCUT2D eigenvalue weighted by molar-refractivity contribution is -0.147. The number of ether oxygens (including phenoxy) is 1. The maximum Gasteiger partial charge on any atom is 0.326 e. The molecule has 2 heterocycles. The normalized spacial score (nSPS) is 15.8. The fourth-order valence-electron chi connectivity index (χ4n) is 2.70. The lowest BCUT2D eigenvalue weighted by Crippen LogP contribution is -2.42. The predicted molar refractivity (Wildman–Crippen MR) is 90.4 cm³/mol. The first-order chi connectivity index (χ1) is 12.0. The number of aromatic nitrogens is 1. The van der Waals surface area contributed by atoms with Crippen LogP contribution < -0.4 is 10.2 Å². The number of anilines is 1. The van der Waals surface area contributed by atoms with Gasteiger partial charge in [0.25, 0.3) is 5.91 Å². The fourth-order valence-corrected chi connectivity index (χ4v) is 2.70. The van der Waals surface area contributed by atoms with Crippen LogP contribution in [0.2, 0.25) is 0 Å². The van der Waals surface area contributed by atoms with Gasteiger partial charge in [-0.15, -0.1) is 0 Å². The largest absolute Gasteiger partial charge is 0.480 e. The third-order valence-corrected chi connectivity index (χ3v) is 4.14. The minimum Gasteiger partial charge on any atom is -0.480 e. The molecule has 1 aromatic rings. The molecular weight excluding hydrogens is 326 g/mol. The van der Waals surface area contributed by atoms with E-state index in [1.165, 1.54) is 19.0 Å². The molecule has 0 aromatic carbocycles. The van der Waals surface area contributed by atoms with E-state index in [0.717, 1.165) is 38.9 Å². The van der Waals surface area contributed by atoms with Gasteiger partial charge in [0.1, 0.15) is 11.9 Å². The molecule has 1 amide bonds. The zero-order chi connectivity index (χ0) is 18.2. The van der Waals surface area contributed by atoms with Crippen LogP contribution in [0.15, 0.2) is 18.3 Å². The highest BCUT2D eigenvalue weighted by Crippen LogP contribution is 2.17. The quantitative estimate of drug-likeness (QED) is 0.743. The Balaban J connectivity index is 2.01. The minimum absolute atomic E-state index is 0.245. The fraction of sp³-hybridized carbons (Fsp3) is 0.529. The molecule has 1 atom stereocenters. The number of carboxylic acids is 1. The maximum absolute atomic E-state index is 12.2. The van der Waals surface area contributed by atoms with Crippen molar-refractivity contribution in [3.05, 3.63) is 23.9 Å². The van der Waals surface area contributed by atoms with Gasteiger partial charge >= 0.3 is 11.9 Å². The number of nitrogens with zero attached hydrogens (tertiary/aromatic N) is 2. The summed E-state index contributed by atoms with van der Waals surface area (Å²) in [6, 6.07) is 2.03. The second kappa shape index (κ2) is 9.00. The first kappa shape index (κ1) is 18.7. The third-order valence-electron chi connectivity index (χ3n) is 4.14. The minimum atomic E-state index is -1.34. The molecule has 1 saturated heterocycles. The van der Waals surface area contributed by atoms with Crippen molar-refractivity contribution in [2.24, 2.45) is 0 Å². The first-order valence-corrected chi connectivity index (χ1v) is 8.32. The summed E-state index contributed by atoms with van der Waals surface area (Å²) in [6.07, 6.45) is 5.67. The number of esters is 1. The molecule has 2 N–H and O–H groups in total. The monoisotopic (exact) mass is 349 g/mol. The van der Waals surface area contributed by atoms with E-state index in [1.54, 1.807) is 12.1 Å². The van der Waals surface area contributed by atoms with E-state index in [4.69, 9.17) is 5.11 Å². The van der Waals surface area contributed by atoms with Gasteiger partial charge in [-0.1, -0.05) is 12.8 Å². The van der Waals surface area contributed by atoms with Gasteiger partial charge in [-0.3, -0.25) is 9.59 Å². The van der Waals surface area contributed by atoms with Crippen LogP contribution in [0.3, 0.4) is 0 Å². The van der Waals surface area contributed by atoms with Gasteiger partial charge < -0.3 is 20.1 Å². The Morgan fingerprint density at radius 1 is 1.24 bits per heavy atom. The van der Waals surface area contributed by atoms with E-state index in [2.05, 4.69) is 19.9 Å². The number of carbonyl (C=O) groups is 3. The number of amides is 1. The zero-order valence-corrected chi connectivity index (χ0v) is 14.2. The smallest absolute Gasteiger partial charge is 0.326 e. The summed E-state index contributed by atoms with van der Waals surface area (Å²) in [6.45, 7) is 1.89. The van der Waals surface area contributed by atoms with E-state index in [1.807, 2.05) is 0 Å². The number of hydrogen-bond donors (Lipinski definition) is 2. The van der Waals surface area contributed by atoms with Gasteiger partial charge in [-0.2, -0.15) is 0 Å². The number of carboxylic acid groups (broad SMARTS) is 1. The van der Waals surface area contributed by atoms with E-state index in [9.17, 15) is 14.4 Å². The van der Waals surface area contributed by atoms with E-state index in [-0.39, 0.29) is 5.56 Å². The van der Waals surface area contributed by atoms with Crippen molar-refractivity contribution >= 4 is 23.7 Å². The van der Waals surface area contributed by atoms with Gasteiger partial charge in [0, 0.05) is 19.3 Å². The van der Waals surface area contributed by atoms with Crippen LogP contribution in [0.4, 0.5) is 5.82 Å². The highest BCUT2D eigenvalue weighted by molar-refractivity contribution is 5.97. The Hall–Kier alpha value is -2.64. The molecule has 0 bridgehead atoms. The molecule has 1 aromatic heterocycles. The van der Waals surface area contributed by atoms with Gasteiger partial charge in [-0.25, -0.2) is 9.78 Å². The molecule has 1 aliphatic heterocycles. The SMILES string of the molecule is COC(=O)CC(NC(=O)c1ccc(N2CCCCCC2)nc1)C(=O)O. The standard InChI is InChI=1S/C17H23N3O5/c1-25-15(21)10-13(17(23)24)19-16(22)12-6-7-14(18-11-12)20-8-4-2-3-5-9-20/h6-7,11,13H,2-5,8-10H2,1H3,(H,19,22)(H,23,24). The average molecular weight is 349 g/mol. The molecule has 1 unspecified atom stereocenters. The van der Waals surface area contributed by atoms with Crippen molar-refractivity contribution in [1.82, 2.24) is 10.3 Å². The van der Waals surface area contributed by atoms with Crippen molar-refractivity contribution in [2.75, 3.05) is 25.1 Å². The number of aliphatic carboxylic acids is 1. The Bertz CT molecular complexity index is 609. The topological polar surface area (TPSA) is 109 Å². The molecular formula is C17H23N3O5. The zero-order valence-electron chi connectivity index (χ0n) is 14.2. The molecule has 0 aliphatic carbocycles. The molecule has 8 heteroatoms. The summed E-state index contributed by atoms with van der Waals surface area (Å²) in [7, 11) is 1.16. The molecule has 0 radical (unpaired) electrons. The van der Waals surface area contributed by atoms with Crippen LogP contribution in [0.25, 0.3) is 0 Å². The molecule has 1 fully saturated rings. The predicted octanol–water partition coefficient (Wildman–Crippen LogP) is 1.21. The summed E-state index contributed by atoms with van der Waals surface area (Å²) >= 11 is 0. The number of rotatable bonds is 6. The van der Waals surface area contributed by atoms with Crippen molar-refractivity contribution in [3.63, 3.8) is 0 Å². The molecule has 25 heavy (non-hydrogen) atoms. The molecule has 0 saturated carbocycles. The summed E-state index contributed by atoms with van der Waals surface area (Å²) in [5.74, 6) is -1.79. The van der Waals surface area contributed by atoms with E-state index in [0.29, 0.717) is 0 Å². The molecule has 136 valence electrons. The number of hydrogen-bond acceptors (Lipinski definition) is 6. The molecule has 2 rings (SSSR count). The van der Waals surface area contributed by atoms with Gasteiger partial charge in [0.05, 0.1) is 19.1 Å². The van der Waals surface area contributed by atoms with Crippen molar-refractivity contribution in [1.29, 1.82) is 0 Å². The lowest BCUT2D eigenvalue weighted by atomic mass is 10.2. The first-order valence-electron chi connectivity index (χ1n) is 8.32. The lowest BCUT2D eigenvalue weighted by Gasteiger charge is -2.21. The van der Waals surface area contributed by atoms with Gasteiger partial charge in [0.15, 0.2) is 0 Å². The summed E-state index contributed by atoms with van der Waals surface area (Å²) in [5, 5.41) is 11.4. The number of methoxy groups -OCH3 is 1. The number of nitrogens with one attached hydrogen (secondary N) is 1. The average Bonchev–Trinajstić information content (AvgIpc) is 2.90. The van der Waals surface area contributed by atoms with Crippen molar-refractivity contribution in [2.45, 2.75) is 38.1 Å². The Morgan fingerprint density at radius 2 is 1.92 bits per heavy atom. The van der Waals surface area contributed by atoms with Gasteiger partial charge in [0.2, 0.25) is 0 Å². The maximum atomic E-state index is 12.2. The second-order valence-corrected chi connectivity index (χ2v) is 5.95. The van der Waals surface area contributed by atoms with Crippen LogP contribution >= 0.6 is 0 Å². The van der Waals surface area contributed by atoms with Crippen LogP contribution in [-0.2, 0) is 14.3 Å². The summed E-state index contributed by atoms with van der Waals surface area (Å²) in [4.78, 5) is 41.1. The van der Waals surface area contributed by atoms with Crippen LogP contribution in [0.1, 0.15) is 42.5 Å². The van der Waals surface area contributed by atoms with Crippen molar-refractivity contribution < 1.29 is 24.2 Å². The highest BCUT2D eigenvalue weighted by Gasteiger charge is 2.24. The molecule has 8 nitrogen and oxygen atoms in total. The summed E-state index contributed by atoms with van der Waals surface area (Å²) in [5.41, 5.74) is 0.245. The van der Waals surface area contributed by atoms with Crippen LogP contribution in [0, 0.1) is 0 Å². The van der Waals surface area contributed by atoms with Crippen LogP contribution in [-0.4, -0.2) is 54.2 Å². The molecule has 1 aliphatic rings. The summed E-state index contributed by atoms with van der Waals surface area (Å²) < 4.78 is 4.44. The number of carbonyl (C=O) groups excluding carboxylic acids is 2. The van der Waals surface area contributed by atoms with Crippen LogP contribution in [0.5, 0.6) is 0 Å². The van der Waals surface area contributed by atoms with Crippen molar-refractivity contribution in [3.8, 4) is 0 Å².